The van der Waals surface area contributed by atoms with Gasteiger partial charge < -0.3 is 15.4 Å². The van der Waals surface area contributed by atoms with E-state index in [1.165, 1.54) is 11.1 Å². The van der Waals surface area contributed by atoms with Gasteiger partial charge in [0.2, 0.25) is 0 Å². The molecule has 0 saturated carbocycles. The zero-order chi connectivity index (χ0) is 17.3. The van der Waals surface area contributed by atoms with Crippen molar-refractivity contribution in [1.82, 2.24) is 10.6 Å². The SMILES string of the molecule is CN=C(NCc1ccc(COC(C)C)cc1)NCC(C)(C)SC.I. The Labute approximate surface area is 168 Å². The molecule has 0 heterocycles. The van der Waals surface area contributed by atoms with E-state index in [4.69, 9.17) is 4.74 Å². The largest absolute Gasteiger partial charge is 0.374 e. The molecule has 1 aromatic carbocycles. The van der Waals surface area contributed by atoms with Crippen LogP contribution in [-0.2, 0) is 17.9 Å². The minimum absolute atomic E-state index is 0. The minimum atomic E-state index is 0. The second-order valence-corrected chi connectivity index (χ2v) is 7.93. The van der Waals surface area contributed by atoms with Crippen molar-refractivity contribution >= 4 is 41.7 Å². The Morgan fingerprint density at radius 3 is 2.25 bits per heavy atom. The average molecular weight is 465 g/mol. The first-order valence-corrected chi connectivity index (χ1v) is 9.28. The Bertz CT molecular complexity index is 490. The summed E-state index contributed by atoms with van der Waals surface area (Å²) in [5.41, 5.74) is 2.43. The molecular formula is C18H32IN3OS. The normalized spacial score (nSPS) is 12.0. The zero-order valence-corrected chi connectivity index (χ0v) is 18.8. The van der Waals surface area contributed by atoms with Gasteiger partial charge in [-0.05, 0) is 45.1 Å². The van der Waals surface area contributed by atoms with E-state index in [0.29, 0.717) is 6.61 Å². The molecule has 138 valence electrons. The highest BCUT2D eigenvalue weighted by atomic mass is 127. The van der Waals surface area contributed by atoms with Crippen LogP contribution in [0.15, 0.2) is 29.3 Å². The molecular weight excluding hydrogens is 433 g/mol. The molecule has 0 bridgehead atoms. The molecule has 0 aliphatic rings. The van der Waals surface area contributed by atoms with Gasteiger partial charge in [-0.15, -0.1) is 24.0 Å². The number of halogens is 1. The van der Waals surface area contributed by atoms with E-state index < -0.39 is 0 Å². The number of hydrogen-bond acceptors (Lipinski definition) is 3. The fourth-order valence-electron chi connectivity index (χ4n) is 1.79. The van der Waals surface area contributed by atoms with Crippen molar-refractivity contribution < 1.29 is 4.74 Å². The molecule has 0 radical (unpaired) electrons. The van der Waals surface area contributed by atoms with Crippen LogP contribution < -0.4 is 10.6 Å². The van der Waals surface area contributed by atoms with Crippen LogP contribution in [0.4, 0.5) is 0 Å². The van der Waals surface area contributed by atoms with Crippen molar-refractivity contribution in [2.45, 2.75) is 51.7 Å². The van der Waals surface area contributed by atoms with Crippen molar-refractivity contribution in [3.05, 3.63) is 35.4 Å². The van der Waals surface area contributed by atoms with Crippen molar-refractivity contribution in [1.29, 1.82) is 0 Å². The molecule has 0 fully saturated rings. The third kappa shape index (κ3) is 9.74. The lowest BCUT2D eigenvalue weighted by atomic mass is 10.1. The number of benzene rings is 1. The second kappa shape index (κ2) is 12.0. The summed E-state index contributed by atoms with van der Waals surface area (Å²) in [5.74, 6) is 0.833. The van der Waals surface area contributed by atoms with E-state index in [1.54, 1.807) is 7.05 Å². The van der Waals surface area contributed by atoms with E-state index in [1.807, 2.05) is 11.8 Å². The summed E-state index contributed by atoms with van der Waals surface area (Å²) in [4.78, 5) is 4.27. The van der Waals surface area contributed by atoms with Crippen LogP contribution >= 0.6 is 35.7 Å². The Hall–Kier alpha value is -0.470. The lowest BCUT2D eigenvalue weighted by Gasteiger charge is -2.23. The van der Waals surface area contributed by atoms with Crippen molar-refractivity contribution in [2.24, 2.45) is 4.99 Å². The summed E-state index contributed by atoms with van der Waals surface area (Å²) >= 11 is 1.85. The average Bonchev–Trinajstić information content (AvgIpc) is 2.54. The van der Waals surface area contributed by atoms with Crippen molar-refractivity contribution in [2.75, 3.05) is 19.8 Å². The summed E-state index contributed by atoms with van der Waals surface area (Å²) in [5, 5.41) is 6.72. The number of rotatable bonds is 8. The highest BCUT2D eigenvalue weighted by Crippen LogP contribution is 2.19. The van der Waals surface area contributed by atoms with Gasteiger partial charge in [0.15, 0.2) is 5.96 Å². The molecule has 0 saturated heterocycles. The number of nitrogens with zero attached hydrogens (tertiary/aromatic N) is 1. The van der Waals surface area contributed by atoms with E-state index in [0.717, 1.165) is 19.0 Å². The van der Waals surface area contributed by atoms with Gasteiger partial charge in [0.05, 0.1) is 12.7 Å². The first-order chi connectivity index (χ1) is 10.9. The monoisotopic (exact) mass is 465 g/mol. The highest BCUT2D eigenvalue weighted by molar-refractivity contribution is 14.0. The standard InChI is InChI=1S/C18H31N3OS.HI/c1-14(2)22-12-16-9-7-15(8-10-16)11-20-17(19-5)21-13-18(3,4)23-6;/h7-10,14H,11-13H2,1-6H3,(H2,19,20,21);1H. The summed E-state index contributed by atoms with van der Waals surface area (Å²) in [6.45, 7) is 10.8. The lowest BCUT2D eigenvalue weighted by molar-refractivity contribution is 0.0657. The smallest absolute Gasteiger partial charge is 0.191 e. The zero-order valence-electron chi connectivity index (χ0n) is 15.7. The lowest BCUT2D eigenvalue weighted by Crippen LogP contribution is -2.42. The van der Waals surface area contributed by atoms with E-state index in [-0.39, 0.29) is 34.8 Å². The number of aliphatic imine (C=N–C) groups is 1. The highest BCUT2D eigenvalue weighted by Gasteiger charge is 2.15. The number of nitrogens with one attached hydrogen (secondary N) is 2. The maximum Gasteiger partial charge on any atom is 0.191 e. The van der Waals surface area contributed by atoms with Crippen LogP contribution in [-0.4, -0.2) is 36.7 Å². The number of thioether (sulfide) groups is 1. The van der Waals surface area contributed by atoms with Crippen molar-refractivity contribution in [3.8, 4) is 0 Å². The Morgan fingerprint density at radius 2 is 1.75 bits per heavy atom. The minimum Gasteiger partial charge on any atom is -0.374 e. The number of hydrogen-bond donors (Lipinski definition) is 2. The summed E-state index contributed by atoms with van der Waals surface area (Å²) in [6, 6.07) is 8.50. The van der Waals surface area contributed by atoms with E-state index in [2.05, 4.69) is 73.8 Å². The van der Waals surface area contributed by atoms with Crippen LogP contribution in [0.25, 0.3) is 0 Å². The summed E-state index contributed by atoms with van der Waals surface area (Å²) in [6.07, 6.45) is 2.39. The molecule has 0 amide bonds. The first-order valence-electron chi connectivity index (χ1n) is 8.05. The van der Waals surface area contributed by atoms with Crippen LogP contribution in [0, 0.1) is 0 Å². The molecule has 2 N–H and O–H groups in total. The van der Waals surface area contributed by atoms with E-state index >= 15 is 0 Å². The van der Waals surface area contributed by atoms with Gasteiger partial charge in [-0.25, -0.2) is 0 Å². The van der Waals surface area contributed by atoms with Gasteiger partial charge in [0.25, 0.3) is 0 Å². The van der Waals surface area contributed by atoms with Gasteiger partial charge in [-0.1, -0.05) is 24.3 Å². The fraction of sp³-hybridized carbons (Fsp3) is 0.611. The maximum absolute atomic E-state index is 5.61. The molecule has 0 unspecified atom stereocenters. The molecule has 0 aliphatic heterocycles. The first kappa shape index (κ1) is 23.5. The quantitative estimate of drug-likeness (QED) is 0.346. The Morgan fingerprint density at radius 1 is 1.17 bits per heavy atom. The Balaban J connectivity index is 0.00000529. The number of ether oxygens (including phenoxy) is 1. The van der Waals surface area contributed by atoms with Gasteiger partial charge in [-0.3, -0.25) is 4.99 Å². The molecule has 0 aromatic heterocycles. The third-order valence-electron chi connectivity index (χ3n) is 3.52. The van der Waals surface area contributed by atoms with Crippen LogP contribution in [0.1, 0.15) is 38.8 Å². The second-order valence-electron chi connectivity index (χ2n) is 6.42. The molecule has 4 nitrogen and oxygen atoms in total. The fourth-order valence-corrected chi connectivity index (χ4v) is 2.01. The predicted octanol–water partition coefficient (Wildman–Crippen LogP) is 4.04. The number of guanidine groups is 1. The molecule has 24 heavy (non-hydrogen) atoms. The third-order valence-corrected chi connectivity index (χ3v) is 4.77. The topological polar surface area (TPSA) is 45.7 Å². The molecule has 0 atom stereocenters. The summed E-state index contributed by atoms with van der Waals surface area (Å²) < 4.78 is 5.80. The summed E-state index contributed by atoms with van der Waals surface area (Å²) in [7, 11) is 1.80. The Kier molecular flexibility index (Phi) is 11.7. The van der Waals surface area contributed by atoms with Gasteiger partial charge in [0, 0.05) is 24.9 Å². The van der Waals surface area contributed by atoms with Gasteiger partial charge in [-0.2, -0.15) is 11.8 Å². The van der Waals surface area contributed by atoms with Crippen LogP contribution in [0.5, 0.6) is 0 Å². The maximum atomic E-state index is 5.61. The molecule has 0 aliphatic carbocycles. The van der Waals surface area contributed by atoms with Crippen LogP contribution in [0.3, 0.4) is 0 Å². The van der Waals surface area contributed by atoms with E-state index in [9.17, 15) is 0 Å². The van der Waals surface area contributed by atoms with Crippen molar-refractivity contribution in [3.63, 3.8) is 0 Å². The molecule has 6 heteroatoms. The molecule has 1 rings (SSSR count). The van der Waals surface area contributed by atoms with Gasteiger partial charge in [0.1, 0.15) is 0 Å². The predicted molar refractivity (Wildman–Crippen MR) is 118 cm³/mol. The van der Waals surface area contributed by atoms with Gasteiger partial charge >= 0.3 is 0 Å². The molecule has 1 aromatic rings. The molecule has 0 spiro atoms. The van der Waals surface area contributed by atoms with Crippen LogP contribution in [0.2, 0.25) is 0 Å².